The summed E-state index contributed by atoms with van der Waals surface area (Å²) in [7, 11) is 0. The van der Waals surface area contributed by atoms with Crippen molar-refractivity contribution in [2.24, 2.45) is 0 Å². The van der Waals surface area contributed by atoms with Crippen molar-refractivity contribution in [3.05, 3.63) is 35.6 Å². The first-order valence-corrected chi connectivity index (χ1v) is 4.99. The van der Waals surface area contributed by atoms with E-state index in [9.17, 15) is 9.59 Å². The van der Waals surface area contributed by atoms with Crippen LogP contribution in [0.5, 0.6) is 0 Å². The molecule has 1 N–H and O–H groups in total. The highest BCUT2D eigenvalue weighted by Crippen LogP contribution is 2.32. The number of carbonyl (C=O) groups excluding carboxylic acids is 2. The van der Waals surface area contributed by atoms with Crippen LogP contribution in [0.1, 0.15) is 12.8 Å². The van der Waals surface area contributed by atoms with Crippen molar-refractivity contribution < 1.29 is 9.59 Å². The zero-order valence-corrected chi connectivity index (χ0v) is 8.06. The summed E-state index contributed by atoms with van der Waals surface area (Å²) in [5.74, 6) is -0.101. The number of hydrogen-bond acceptors (Lipinski definition) is 2. The molecule has 2 aliphatic heterocycles. The van der Waals surface area contributed by atoms with Crippen LogP contribution in [0.2, 0.25) is 0 Å². The molecule has 0 bridgehead atoms. The third-order valence-corrected chi connectivity index (χ3v) is 2.94. The summed E-state index contributed by atoms with van der Waals surface area (Å²) in [4.78, 5) is 24.4. The lowest BCUT2D eigenvalue weighted by atomic mass is 9.97. The summed E-state index contributed by atoms with van der Waals surface area (Å²) in [5, 5.41) is 2.79. The average Bonchev–Trinajstić information content (AvgIpc) is 2.62. The Morgan fingerprint density at radius 3 is 3.00 bits per heavy atom. The van der Waals surface area contributed by atoms with E-state index < -0.39 is 0 Å². The highest BCUT2D eigenvalue weighted by molar-refractivity contribution is 6.00. The van der Waals surface area contributed by atoms with Gasteiger partial charge in [-0.05, 0) is 12.0 Å². The molecule has 2 heterocycles. The standard InChI is InChI=1S/C11H10N2O2/c14-10-6-5-9-7-3-1-2-4-8(7)12-11(15)13(9)10/h1-4,8H,5-6H2,(H,12,15). The van der Waals surface area contributed by atoms with E-state index in [2.05, 4.69) is 5.32 Å². The Hall–Kier alpha value is -1.84. The Kier molecular flexibility index (Phi) is 1.59. The van der Waals surface area contributed by atoms with Gasteiger partial charge < -0.3 is 5.32 Å². The summed E-state index contributed by atoms with van der Waals surface area (Å²) in [5.41, 5.74) is 1.91. The molecule has 4 nitrogen and oxygen atoms in total. The second kappa shape index (κ2) is 2.82. The molecule has 0 saturated carbocycles. The molecule has 4 heteroatoms. The third-order valence-electron chi connectivity index (χ3n) is 2.94. The number of hydrogen-bond donors (Lipinski definition) is 1. The van der Waals surface area contributed by atoms with E-state index in [0.29, 0.717) is 12.8 Å². The van der Waals surface area contributed by atoms with Gasteiger partial charge in [0.1, 0.15) is 0 Å². The molecule has 1 unspecified atom stereocenters. The van der Waals surface area contributed by atoms with Gasteiger partial charge in [0.15, 0.2) is 0 Å². The molecule has 0 aromatic rings. The van der Waals surface area contributed by atoms with Crippen molar-refractivity contribution in [3.63, 3.8) is 0 Å². The largest absolute Gasteiger partial charge is 0.329 e. The summed E-state index contributed by atoms with van der Waals surface area (Å²) in [6.07, 6.45) is 8.84. The van der Waals surface area contributed by atoms with Crippen LogP contribution in [-0.4, -0.2) is 22.9 Å². The van der Waals surface area contributed by atoms with Crippen molar-refractivity contribution in [1.82, 2.24) is 10.2 Å². The van der Waals surface area contributed by atoms with Gasteiger partial charge in [-0.15, -0.1) is 0 Å². The Morgan fingerprint density at radius 2 is 2.13 bits per heavy atom. The van der Waals surface area contributed by atoms with Crippen LogP contribution in [0.4, 0.5) is 4.79 Å². The highest BCUT2D eigenvalue weighted by atomic mass is 16.2. The lowest BCUT2D eigenvalue weighted by Gasteiger charge is -2.31. The smallest absolute Gasteiger partial charge is 0.327 e. The zero-order chi connectivity index (χ0) is 10.4. The van der Waals surface area contributed by atoms with Crippen LogP contribution in [0, 0.1) is 0 Å². The topological polar surface area (TPSA) is 49.4 Å². The van der Waals surface area contributed by atoms with Crippen molar-refractivity contribution in [2.75, 3.05) is 0 Å². The van der Waals surface area contributed by atoms with Crippen molar-refractivity contribution in [3.8, 4) is 0 Å². The average molecular weight is 202 g/mol. The molecular formula is C11H10N2O2. The van der Waals surface area contributed by atoms with E-state index in [0.717, 1.165) is 11.3 Å². The number of nitrogens with zero attached hydrogens (tertiary/aromatic N) is 1. The molecule has 1 saturated heterocycles. The van der Waals surface area contributed by atoms with Crippen molar-refractivity contribution in [1.29, 1.82) is 0 Å². The quantitative estimate of drug-likeness (QED) is 0.639. The van der Waals surface area contributed by atoms with Crippen LogP contribution in [0.25, 0.3) is 0 Å². The third kappa shape index (κ3) is 1.08. The molecule has 3 amide bonds. The molecule has 76 valence electrons. The molecule has 3 aliphatic rings. The van der Waals surface area contributed by atoms with Crippen LogP contribution in [-0.2, 0) is 4.79 Å². The fraction of sp³-hybridized carbons (Fsp3) is 0.273. The molecule has 1 fully saturated rings. The molecule has 0 radical (unpaired) electrons. The maximum absolute atomic E-state index is 11.6. The van der Waals surface area contributed by atoms with Gasteiger partial charge in [0.2, 0.25) is 5.91 Å². The minimum Gasteiger partial charge on any atom is -0.327 e. The van der Waals surface area contributed by atoms with Crippen LogP contribution >= 0.6 is 0 Å². The van der Waals surface area contributed by atoms with Gasteiger partial charge in [-0.3, -0.25) is 4.79 Å². The predicted molar refractivity (Wildman–Crippen MR) is 53.7 cm³/mol. The maximum atomic E-state index is 11.6. The van der Waals surface area contributed by atoms with E-state index in [4.69, 9.17) is 0 Å². The maximum Gasteiger partial charge on any atom is 0.329 e. The Bertz CT molecular complexity index is 446. The molecule has 3 rings (SSSR count). The van der Waals surface area contributed by atoms with Gasteiger partial charge in [0, 0.05) is 12.1 Å². The van der Waals surface area contributed by atoms with Gasteiger partial charge in [-0.25, -0.2) is 9.69 Å². The number of carbonyl (C=O) groups is 2. The minimum atomic E-state index is -0.291. The Labute approximate surface area is 86.9 Å². The number of allylic oxidation sites excluding steroid dienone is 3. The normalized spacial score (nSPS) is 28.0. The Morgan fingerprint density at radius 1 is 1.27 bits per heavy atom. The van der Waals surface area contributed by atoms with Gasteiger partial charge in [-0.1, -0.05) is 24.3 Å². The highest BCUT2D eigenvalue weighted by Gasteiger charge is 2.39. The predicted octanol–water partition coefficient (Wildman–Crippen LogP) is 1.08. The van der Waals surface area contributed by atoms with Gasteiger partial charge in [-0.2, -0.15) is 0 Å². The fourth-order valence-corrected chi connectivity index (χ4v) is 2.25. The number of imide groups is 1. The van der Waals surface area contributed by atoms with E-state index in [1.807, 2.05) is 24.3 Å². The van der Waals surface area contributed by atoms with Crippen molar-refractivity contribution >= 4 is 11.9 Å². The lowest BCUT2D eigenvalue weighted by molar-refractivity contribution is -0.124. The number of fused-ring (bicyclic) bond motifs is 2. The molecule has 0 spiro atoms. The first-order chi connectivity index (χ1) is 7.27. The van der Waals surface area contributed by atoms with E-state index in [1.165, 1.54) is 4.90 Å². The van der Waals surface area contributed by atoms with Gasteiger partial charge in [0.05, 0.1) is 6.04 Å². The van der Waals surface area contributed by atoms with Gasteiger partial charge in [0.25, 0.3) is 0 Å². The molecule has 0 aromatic carbocycles. The van der Waals surface area contributed by atoms with E-state index in [-0.39, 0.29) is 18.0 Å². The molecular weight excluding hydrogens is 192 g/mol. The summed E-state index contributed by atoms with van der Waals surface area (Å²) >= 11 is 0. The van der Waals surface area contributed by atoms with Crippen LogP contribution in [0.3, 0.4) is 0 Å². The van der Waals surface area contributed by atoms with E-state index >= 15 is 0 Å². The summed E-state index contributed by atoms with van der Waals surface area (Å²) in [6, 6.07) is -0.346. The van der Waals surface area contributed by atoms with Crippen molar-refractivity contribution in [2.45, 2.75) is 18.9 Å². The summed E-state index contributed by atoms with van der Waals surface area (Å²) < 4.78 is 0. The second-order valence-electron chi connectivity index (χ2n) is 3.80. The molecule has 1 aliphatic carbocycles. The number of urea groups is 1. The zero-order valence-electron chi connectivity index (χ0n) is 8.06. The Balaban J connectivity index is 2.14. The number of amides is 3. The lowest BCUT2D eigenvalue weighted by Crippen LogP contribution is -2.49. The van der Waals surface area contributed by atoms with Crippen LogP contribution in [0.15, 0.2) is 35.6 Å². The summed E-state index contributed by atoms with van der Waals surface area (Å²) in [6.45, 7) is 0. The number of rotatable bonds is 0. The minimum absolute atomic E-state index is 0.0559. The first kappa shape index (κ1) is 8.47. The fourth-order valence-electron chi connectivity index (χ4n) is 2.25. The SMILES string of the molecule is O=C1CCC2=C3C=CC=CC3NC(=O)N12. The first-order valence-electron chi connectivity index (χ1n) is 4.99. The molecule has 0 aromatic heterocycles. The monoisotopic (exact) mass is 202 g/mol. The molecule has 1 atom stereocenters. The second-order valence-corrected chi connectivity index (χ2v) is 3.80. The van der Waals surface area contributed by atoms with E-state index in [1.54, 1.807) is 0 Å². The number of nitrogens with one attached hydrogen (secondary N) is 1. The van der Waals surface area contributed by atoms with Crippen LogP contribution < -0.4 is 5.32 Å². The van der Waals surface area contributed by atoms with Gasteiger partial charge >= 0.3 is 6.03 Å². The molecule has 15 heavy (non-hydrogen) atoms.